The van der Waals surface area contributed by atoms with Gasteiger partial charge in [0, 0.05) is 17.5 Å². The van der Waals surface area contributed by atoms with Gasteiger partial charge in [0.2, 0.25) is 0 Å². The highest BCUT2D eigenvalue weighted by molar-refractivity contribution is 7.98. The molecule has 0 spiro atoms. The van der Waals surface area contributed by atoms with Gasteiger partial charge in [-0.15, -0.1) is 11.8 Å². The molecule has 2 aromatic rings. The van der Waals surface area contributed by atoms with Crippen molar-refractivity contribution in [1.82, 2.24) is 10.4 Å². The van der Waals surface area contributed by atoms with Crippen molar-refractivity contribution in [3.63, 3.8) is 0 Å². The van der Waals surface area contributed by atoms with Crippen LogP contribution >= 0.6 is 23.4 Å². The van der Waals surface area contributed by atoms with Crippen molar-refractivity contribution >= 4 is 29.3 Å². The number of thioether (sulfide) groups is 1. The van der Waals surface area contributed by atoms with E-state index in [0.717, 1.165) is 10.6 Å². The molecule has 1 aromatic carbocycles. The molecule has 0 aliphatic carbocycles. The Hall–Kier alpha value is -1.56. The summed E-state index contributed by atoms with van der Waals surface area (Å²) >= 11 is 7.31. The van der Waals surface area contributed by atoms with E-state index in [1.165, 1.54) is 11.8 Å². The summed E-state index contributed by atoms with van der Waals surface area (Å²) in [4.78, 5) is 15.8. The van der Waals surface area contributed by atoms with Crippen LogP contribution in [0.1, 0.15) is 15.9 Å². The average Bonchev–Trinajstić information content (AvgIpc) is 2.46. The van der Waals surface area contributed by atoms with Crippen molar-refractivity contribution in [3.8, 4) is 0 Å². The van der Waals surface area contributed by atoms with Crippen molar-refractivity contribution in [1.29, 1.82) is 0 Å². The third-order valence-electron chi connectivity index (χ3n) is 2.47. The monoisotopic (exact) mass is 293 g/mol. The summed E-state index contributed by atoms with van der Waals surface area (Å²) in [7, 11) is 0. The Morgan fingerprint density at radius 3 is 2.79 bits per heavy atom. The molecule has 4 nitrogen and oxygen atoms in total. The van der Waals surface area contributed by atoms with Crippen LogP contribution in [0.3, 0.4) is 0 Å². The molecule has 1 aromatic heterocycles. The second-order valence-corrected chi connectivity index (χ2v) is 5.17. The number of rotatable bonds is 4. The molecule has 0 bridgehead atoms. The molecule has 1 amide bonds. The molecule has 98 valence electrons. The third-order valence-corrected chi connectivity index (χ3v) is 3.69. The lowest BCUT2D eigenvalue weighted by Crippen LogP contribution is -2.30. The topological polar surface area (TPSA) is 68.0 Å². The van der Waals surface area contributed by atoms with Crippen molar-refractivity contribution in [2.45, 2.75) is 10.8 Å². The van der Waals surface area contributed by atoms with Gasteiger partial charge in [-0.2, -0.15) is 0 Å². The highest BCUT2D eigenvalue weighted by Crippen LogP contribution is 2.23. The number of hydrazine groups is 1. The van der Waals surface area contributed by atoms with E-state index in [-0.39, 0.29) is 5.91 Å². The van der Waals surface area contributed by atoms with Gasteiger partial charge in [0.25, 0.3) is 5.91 Å². The number of carbonyl (C=O) groups is 1. The van der Waals surface area contributed by atoms with Crippen molar-refractivity contribution < 1.29 is 4.79 Å². The van der Waals surface area contributed by atoms with E-state index in [2.05, 4.69) is 10.4 Å². The number of hydrogen-bond donors (Lipinski definition) is 2. The van der Waals surface area contributed by atoms with Crippen LogP contribution in [0, 0.1) is 0 Å². The summed E-state index contributed by atoms with van der Waals surface area (Å²) in [5.41, 5.74) is 3.63. The van der Waals surface area contributed by atoms with Gasteiger partial charge in [-0.1, -0.05) is 29.8 Å². The number of carbonyl (C=O) groups excluding carboxylic acids is 1. The first-order chi connectivity index (χ1) is 9.20. The summed E-state index contributed by atoms with van der Waals surface area (Å²) in [6.45, 7) is 0. The molecular weight excluding hydrogens is 282 g/mol. The quantitative estimate of drug-likeness (QED) is 0.393. The van der Waals surface area contributed by atoms with Gasteiger partial charge < -0.3 is 0 Å². The predicted molar refractivity (Wildman–Crippen MR) is 76.9 cm³/mol. The molecule has 0 atom stereocenters. The van der Waals surface area contributed by atoms with E-state index < -0.39 is 0 Å². The minimum atomic E-state index is -0.291. The first-order valence-corrected chi connectivity index (χ1v) is 6.90. The summed E-state index contributed by atoms with van der Waals surface area (Å²) in [6.07, 6.45) is 1.60. The Morgan fingerprint density at radius 1 is 1.32 bits per heavy atom. The molecule has 0 saturated heterocycles. The number of amides is 1. The maximum Gasteiger partial charge on any atom is 0.265 e. The van der Waals surface area contributed by atoms with Crippen LogP contribution in [0.5, 0.6) is 0 Å². The molecule has 0 radical (unpaired) electrons. The first-order valence-electron chi connectivity index (χ1n) is 5.54. The average molecular weight is 294 g/mol. The molecule has 2 rings (SSSR count). The number of nitrogen functional groups attached to an aromatic ring is 1. The number of hydrogen-bond acceptors (Lipinski definition) is 4. The SMILES string of the molecule is NNC(=O)c1ccccc1CSc1ccc(Cl)cn1. The molecular formula is C13H12ClN3OS. The minimum absolute atomic E-state index is 0.291. The lowest BCUT2D eigenvalue weighted by Gasteiger charge is -2.07. The van der Waals surface area contributed by atoms with Crippen LogP contribution in [0.4, 0.5) is 0 Å². The number of nitrogens with zero attached hydrogens (tertiary/aromatic N) is 1. The van der Waals surface area contributed by atoms with E-state index in [0.29, 0.717) is 16.3 Å². The molecule has 19 heavy (non-hydrogen) atoms. The zero-order valence-corrected chi connectivity index (χ0v) is 11.5. The Kier molecular flexibility index (Phi) is 4.79. The number of aromatic nitrogens is 1. The zero-order valence-electron chi connectivity index (χ0n) is 9.97. The number of benzene rings is 1. The number of nitrogens with one attached hydrogen (secondary N) is 1. The van der Waals surface area contributed by atoms with E-state index in [9.17, 15) is 4.79 Å². The van der Waals surface area contributed by atoms with Gasteiger partial charge in [-0.05, 0) is 23.8 Å². The van der Waals surface area contributed by atoms with E-state index in [1.807, 2.05) is 18.2 Å². The smallest absolute Gasteiger partial charge is 0.265 e. The first kappa shape index (κ1) is 13.9. The van der Waals surface area contributed by atoms with Gasteiger partial charge in [-0.25, -0.2) is 10.8 Å². The van der Waals surface area contributed by atoms with Crippen LogP contribution in [0.2, 0.25) is 5.02 Å². The number of nitrogens with two attached hydrogens (primary N) is 1. The van der Waals surface area contributed by atoms with E-state index in [4.69, 9.17) is 17.4 Å². The Labute approximate surface area is 120 Å². The zero-order chi connectivity index (χ0) is 13.7. The summed E-state index contributed by atoms with van der Waals surface area (Å²) < 4.78 is 0. The van der Waals surface area contributed by atoms with Crippen molar-refractivity contribution in [3.05, 3.63) is 58.7 Å². The summed E-state index contributed by atoms with van der Waals surface area (Å²) in [5.74, 6) is 5.51. The molecule has 6 heteroatoms. The Balaban J connectivity index is 2.11. The third kappa shape index (κ3) is 3.70. The predicted octanol–water partition coefficient (Wildman–Crippen LogP) is 2.63. The summed E-state index contributed by atoms with van der Waals surface area (Å²) in [6, 6.07) is 11.0. The van der Waals surface area contributed by atoms with Crippen LogP contribution in [0.25, 0.3) is 0 Å². The minimum Gasteiger partial charge on any atom is -0.290 e. The fourth-order valence-electron chi connectivity index (χ4n) is 1.54. The van der Waals surface area contributed by atoms with Crippen LogP contribution < -0.4 is 11.3 Å². The van der Waals surface area contributed by atoms with Crippen molar-refractivity contribution in [2.24, 2.45) is 5.84 Å². The van der Waals surface area contributed by atoms with Gasteiger partial charge >= 0.3 is 0 Å². The maximum atomic E-state index is 11.6. The van der Waals surface area contributed by atoms with Crippen LogP contribution in [-0.4, -0.2) is 10.9 Å². The van der Waals surface area contributed by atoms with E-state index >= 15 is 0 Å². The fraction of sp³-hybridized carbons (Fsp3) is 0.0769. The molecule has 0 aliphatic heterocycles. The highest BCUT2D eigenvalue weighted by atomic mass is 35.5. The molecule has 3 N–H and O–H groups in total. The maximum absolute atomic E-state index is 11.6. The van der Waals surface area contributed by atoms with Gasteiger partial charge in [0.05, 0.1) is 10.0 Å². The number of halogens is 1. The number of pyridine rings is 1. The molecule has 0 unspecified atom stereocenters. The largest absolute Gasteiger partial charge is 0.290 e. The van der Waals surface area contributed by atoms with E-state index in [1.54, 1.807) is 24.4 Å². The molecule has 0 saturated carbocycles. The Morgan fingerprint density at radius 2 is 2.11 bits per heavy atom. The molecule has 0 aliphatic rings. The molecule has 0 fully saturated rings. The Bertz CT molecular complexity index is 574. The lowest BCUT2D eigenvalue weighted by atomic mass is 10.1. The normalized spacial score (nSPS) is 10.2. The molecule has 1 heterocycles. The van der Waals surface area contributed by atoms with Gasteiger partial charge in [0.1, 0.15) is 0 Å². The van der Waals surface area contributed by atoms with Crippen molar-refractivity contribution in [2.75, 3.05) is 0 Å². The standard InChI is InChI=1S/C13H12ClN3OS/c14-10-5-6-12(16-7-10)19-8-9-3-1-2-4-11(9)13(18)17-15/h1-7H,8,15H2,(H,17,18). The van der Waals surface area contributed by atoms with Gasteiger partial charge in [0.15, 0.2) is 0 Å². The second kappa shape index (κ2) is 6.56. The second-order valence-electron chi connectivity index (χ2n) is 3.73. The van der Waals surface area contributed by atoms with Crippen LogP contribution in [0.15, 0.2) is 47.6 Å². The highest BCUT2D eigenvalue weighted by Gasteiger charge is 2.09. The van der Waals surface area contributed by atoms with Gasteiger partial charge in [-0.3, -0.25) is 10.2 Å². The summed E-state index contributed by atoms with van der Waals surface area (Å²) in [5, 5.41) is 1.46. The fourth-order valence-corrected chi connectivity index (χ4v) is 2.50. The lowest BCUT2D eigenvalue weighted by molar-refractivity contribution is 0.0953. The van der Waals surface area contributed by atoms with Crippen LogP contribution in [-0.2, 0) is 5.75 Å².